The number of hydrogen-bond donors (Lipinski definition) is 0. The molecule has 3 aromatic rings. The van der Waals surface area contributed by atoms with Gasteiger partial charge in [-0.25, -0.2) is 8.78 Å². The minimum Gasteiger partial charge on any atom is -0.497 e. The molecule has 186 valence electrons. The lowest BCUT2D eigenvalue weighted by Crippen LogP contribution is -2.34. The zero-order chi connectivity index (χ0) is 25.6. The largest absolute Gasteiger partial charge is 0.497 e. The number of halogens is 2. The van der Waals surface area contributed by atoms with Gasteiger partial charge < -0.3 is 9.47 Å². The highest BCUT2D eigenvalue weighted by Gasteiger charge is 2.31. The Morgan fingerprint density at radius 2 is 1.54 bits per heavy atom. The third-order valence-electron chi connectivity index (χ3n) is 5.81. The lowest BCUT2D eigenvalue weighted by Gasteiger charge is -2.37. The molecule has 0 radical (unpaired) electrons. The number of methoxy groups -OCH3 is 1. The maximum absolute atomic E-state index is 14.3. The van der Waals surface area contributed by atoms with Gasteiger partial charge in [0.15, 0.2) is 11.6 Å². The van der Waals surface area contributed by atoms with E-state index < -0.39 is 29.2 Å². The van der Waals surface area contributed by atoms with Gasteiger partial charge >= 0.3 is 5.97 Å². The molecule has 0 fully saturated rings. The number of esters is 1. The average Bonchev–Trinajstić information content (AvgIpc) is 2.82. The number of rotatable bonds is 9. The molecule has 0 unspecified atom stereocenters. The first kappa shape index (κ1) is 26.4. The lowest BCUT2D eigenvalue weighted by molar-refractivity contribution is -0.156. The second-order valence-corrected chi connectivity index (χ2v) is 9.59. The summed E-state index contributed by atoms with van der Waals surface area (Å²) in [5, 5.41) is 0. The molecule has 0 aromatic heterocycles. The fourth-order valence-electron chi connectivity index (χ4n) is 4.07. The molecule has 2 atom stereocenters. The molecule has 0 amide bonds. The summed E-state index contributed by atoms with van der Waals surface area (Å²) in [6.45, 7) is 7.94. The van der Waals surface area contributed by atoms with E-state index in [1.54, 1.807) is 27.9 Å². The molecule has 0 N–H and O–H groups in total. The van der Waals surface area contributed by atoms with Gasteiger partial charge in [-0.3, -0.25) is 9.69 Å². The molecule has 35 heavy (non-hydrogen) atoms. The maximum Gasteiger partial charge on any atom is 0.308 e. The topological polar surface area (TPSA) is 38.8 Å². The van der Waals surface area contributed by atoms with E-state index >= 15 is 0 Å². The Kier molecular flexibility index (Phi) is 8.62. The Hall–Kier alpha value is -3.25. The van der Waals surface area contributed by atoms with Crippen LogP contribution in [0, 0.1) is 11.6 Å². The predicted octanol–water partition coefficient (Wildman–Crippen LogP) is 7.01. The van der Waals surface area contributed by atoms with Crippen LogP contribution in [0.2, 0.25) is 0 Å². The number of hydrogen-bond acceptors (Lipinski definition) is 4. The fraction of sp³-hybridized carbons (Fsp3) is 0.345. The summed E-state index contributed by atoms with van der Waals surface area (Å²) in [5.41, 5.74) is 1.87. The predicted molar refractivity (Wildman–Crippen MR) is 133 cm³/mol. The highest BCUT2D eigenvalue weighted by molar-refractivity contribution is 5.71. The monoisotopic (exact) mass is 481 g/mol. The normalized spacial score (nSPS) is 13.4. The van der Waals surface area contributed by atoms with Crippen molar-refractivity contribution in [1.82, 2.24) is 4.90 Å². The van der Waals surface area contributed by atoms with E-state index in [2.05, 4.69) is 4.90 Å². The molecule has 4 nitrogen and oxygen atoms in total. The van der Waals surface area contributed by atoms with Crippen LogP contribution in [0.15, 0.2) is 72.8 Å². The van der Waals surface area contributed by atoms with Crippen molar-refractivity contribution < 1.29 is 23.0 Å². The third kappa shape index (κ3) is 7.36. The van der Waals surface area contributed by atoms with Crippen molar-refractivity contribution in [2.75, 3.05) is 7.11 Å². The molecular formula is C29H33F2NO3. The molecule has 0 saturated carbocycles. The highest BCUT2D eigenvalue weighted by Crippen LogP contribution is 2.36. The van der Waals surface area contributed by atoms with Crippen LogP contribution in [0.25, 0.3) is 0 Å². The zero-order valence-corrected chi connectivity index (χ0v) is 20.9. The number of ether oxygens (including phenoxy) is 2. The zero-order valence-electron chi connectivity index (χ0n) is 20.9. The first-order valence-electron chi connectivity index (χ1n) is 11.7. The molecule has 0 saturated heterocycles. The second-order valence-electron chi connectivity index (χ2n) is 9.59. The van der Waals surface area contributed by atoms with E-state index in [9.17, 15) is 13.6 Å². The molecule has 6 heteroatoms. The highest BCUT2D eigenvalue weighted by atomic mass is 19.2. The number of nitrogens with zero attached hydrogens (tertiary/aromatic N) is 1. The fourth-order valence-corrected chi connectivity index (χ4v) is 4.07. The van der Waals surface area contributed by atoms with Crippen molar-refractivity contribution in [3.05, 3.63) is 101 Å². The standard InChI is InChI=1S/C29H33F2NO3/c1-20(22-11-14-24(34-5)15-12-22)32(19-21-9-7-6-8-10-21)27(18-28(33)35-29(2,3)4)23-13-16-25(30)26(31)17-23/h6-17,20,27H,18-19H2,1-5H3/t20-,27+/m1/s1. The summed E-state index contributed by atoms with van der Waals surface area (Å²) in [6.07, 6.45) is -0.0182. The van der Waals surface area contributed by atoms with E-state index in [-0.39, 0.29) is 12.5 Å². The summed E-state index contributed by atoms with van der Waals surface area (Å²) in [7, 11) is 1.61. The van der Waals surface area contributed by atoms with Crippen LogP contribution >= 0.6 is 0 Å². The molecule has 0 spiro atoms. The van der Waals surface area contributed by atoms with Gasteiger partial charge in [-0.2, -0.15) is 0 Å². The van der Waals surface area contributed by atoms with Gasteiger partial charge in [0, 0.05) is 18.6 Å². The van der Waals surface area contributed by atoms with E-state index in [4.69, 9.17) is 9.47 Å². The summed E-state index contributed by atoms with van der Waals surface area (Å²) in [5.74, 6) is -1.55. The Labute approximate surface area is 206 Å². The van der Waals surface area contributed by atoms with E-state index in [0.717, 1.165) is 22.9 Å². The van der Waals surface area contributed by atoms with Gasteiger partial charge in [0.25, 0.3) is 0 Å². The molecule has 0 aliphatic rings. The summed E-state index contributed by atoms with van der Waals surface area (Å²) < 4.78 is 39.0. The maximum atomic E-state index is 14.3. The minimum absolute atomic E-state index is 0.0182. The van der Waals surface area contributed by atoms with Crippen LogP contribution in [0.3, 0.4) is 0 Å². The van der Waals surface area contributed by atoms with Crippen molar-refractivity contribution in [3.63, 3.8) is 0 Å². The van der Waals surface area contributed by atoms with Crippen molar-refractivity contribution in [1.29, 1.82) is 0 Å². The van der Waals surface area contributed by atoms with Crippen LogP contribution in [-0.4, -0.2) is 23.6 Å². The first-order chi connectivity index (χ1) is 16.6. The van der Waals surface area contributed by atoms with Gasteiger partial charge in [-0.05, 0) is 68.7 Å². The van der Waals surface area contributed by atoms with Crippen molar-refractivity contribution >= 4 is 5.97 Å². The van der Waals surface area contributed by atoms with Crippen LogP contribution in [-0.2, 0) is 16.1 Å². The van der Waals surface area contributed by atoms with Crippen LogP contribution in [0.1, 0.15) is 62.9 Å². The summed E-state index contributed by atoms with van der Waals surface area (Å²) in [4.78, 5) is 15.1. The molecule has 0 aliphatic heterocycles. The van der Waals surface area contributed by atoms with Crippen LogP contribution in [0.4, 0.5) is 8.78 Å². The number of carbonyl (C=O) groups excluding carboxylic acids is 1. The van der Waals surface area contributed by atoms with Gasteiger partial charge in [0.2, 0.25) is 0 Å². The smallest absolute Gasteiger partial charge is 0.308 e. The van der Waals surface area contributed by atoms with Gasteiger partial charge in [0.05, 0.1) is 13.5 Å². The van der Waals surface area contributed by atoms with Gasteiger partial charge in [-0.1, -0.05) is 48.5 Å². The van der Waals surface area contributed by atoms with E-state index in [0.29, 0.717) is 12.1 Å². The van der Waals surface area contributed by atoms with Crippen molar-refractivity contribution in [3.8, 4) is 5.75 Å². The molecule has 0 bridgehead atoms. The Bertz CT molecular complexity index is 1110. The lowest BCUT2D eigenvalue weighted by atomic mass is 9.96. The Morgan fingerprint density at radius 3 is 2.11 bits per heavy atom. The van der Waals surface area contributed by atoms with Crippen molar-refractivity contribution in [2.24, 2.45) is 0 Å². The molecule has 0 aliphatic carbocycles. The van der Waals surface area contributed by atoms with E-state index in [1.807, 2.05) is 61.5 Å². The third-order valence-corrected chi connectivity index (χ3v) is 5.81. The quantitative estimate of drug-likeness (QED) is 0.308. The molecule has 3 rings (SSSR count). The second kappa shape index (κ2) is 11.5. The Morgan fingerprint density at radius 1 is 0.914 bits per heavy atom. The van der Waals surface area contributed by atoms with Gasteiger partial charge in [0.1, 0.15) is 11.4 Å². The molecule has 0 heterocycles. The van der Waals surface area contributed by atoms with Gasteiger partial charge in [-0.15, -0.1) is 0 Å². The number of carbonyl (C=O) groups is 1. The molecule has 3 aromatic carbocycles. The summed E-state index contributed by atoms with van der Waals surface area (Å²) in [6, 6.07) is 20.6. The van der Waals surface area contributed by atoms with Crippen LogP contribution < -0.4 is 4.74 Å². The van der Waals surface area contributed by atoms with Crippen molar-refractivity contribution in [2.45, 2.75) is 58.3 Å². The van der Waals surface area contributed by atoms with Crippen LogP contribution in [0.5, 0.6) is 5.75 Å². The molecular weight excluding hydrogens is 448 g/mol. The SMILES string of the molecule is COc1ccc([C@@H](C)N(Cc2ccccc2)[C@@H](CC(=O)OC(C)(C)C)c2ccc(F)c(F)c2)cc1. The summed E-state index contributed by atoms with van der Waals surface area (Å²) >= 11 is 0. The first-order valence-corrected chi connectivity index (χ1v) is 11.7. The minimum atomic E-state index is -0.951. The number of benzene rings is 3. The average molecular weight is 482 g/mol. The Balaban J connectivity index is 2.06. The van der Waals surface area contributed by atoms with E-state index in [1.165, 1.54) is 12.1 Å².